The lowest BCUT2D eigenvalue weighted by atomic mass is 9.98. The maximum atomic E-state index is 6.93. The Balaban J connectivity index is 0.000000138. The standard InChI is InChI=1S/C50H31NO2.C40H25NO2/c1-3-13-32(14-4-1)34-25-27-40-42-21-11-23-44(49(42)52-47(40)30-34)51(46-29-36-17-7-8-18-37(36)38-19-9-10-20-39(38)46)45-24-12-22-43-41-28-26-35(31-48(41)53-50(43)45)33-15-5-2-6-16-33;1-2-12-29-26(10-1)11-7-15-30(29)27-22-24-28(25-23-27)41(35-18-8-16-33-31-13-3-5-20-37(31)42-39(33)35)36-19-9-17-34-32-14-4-6-21-38(32)43-40(34)36/h1-31H;1-25H. The summed E-state index contributed by atoms with van der Waals surface area (Å²) in [4.78, 5) is 4.61. The zero-order valence-corrected chi connectivity index (χ0v) is 51.9. The molecule has 4 heterocycles. The highest BCUT2D eigenvalue weighted by molar-refractivity contribution is 6.20. The van der Waals surface area contributed by atoms with Crippen molar-refractivity contribution >= 4 is 154 Å². The van der Waals surface area contributed by atoms with E-state index < -0.39 is 0 Å². The summed E-state index contributed by atoms with van der Waals surface area (Å²) in [5, 5.41) is 15.9. The first kappa shape index (κ1) is 54.8. The van der Waals surface area contributed by atoms with Gasteiger partial charge in [0, 0.05) is 54.2 Å². The highest BCUT2D eigenvalue weighted by atomic mass is 16.3. The summed E-state index contributed by atoms with van der Waals surface area (Å²) in [6.45, 7) is 0. The number of rotatable bonds is 9. The fourth-order valence-corrected chi connectivity index (χ4v) is 14.6. The minimum Gasteiger partial charge on any atom is -0.454 e. The molecule has 0 amide bonds. The van der Waals surface area contributed by atoms with Crippen molar-refractivity contribution in [1.82, 2.24) is 0 Å². The van der Waals surface area contributed by atoms with Gasteiger partial charge in [-0.25, -0.2) is 0 Å². The minimum absolute atomic E-state index is 0.824. The van der Waals surface area contributed by atoms with Crippen molar-refractivity contribution in [2.24, 2.45) is 0 Å². The number of furan rings is 4. The Hall–Kier alpha value is -12.9. The van der Waals surface area contributed by atoms with E-state index in [9.17, 15) is 0 Å². The van der Waals surface area contributed by atoms with Crippen LogP contribution in [-0.4, -0.2) is 0 Å². The summed E-state index contributed by atoms with van der Waals surface area (Å²) in [7, 11) is 0. The molecule has 0 fully saturated rings. The van der Waals surface area contributed by atoms with Crippen molar-refractivity contribution in [3.05, 3.63) is 340 Å². The molecular weight excluding hydrogens is 1170 g/mol. The third-order valence-corrected chi connectivity index (χ3v) is 19.1. The van der Waals surface area contributed by atoms with Gasteiger partial charge in [-0.3, -0.25) is 0 Å². The molecule has 0 bridgehead atoms. The molecule has 20 rings (SSSR count). The topological polar surface area (TPSA) is 59.0 Å². The largest absolute Gasteiger partial charge is 0.454 e. The molecule has 0 aliphatic carbocycles. The molecule has 0 aliphatic heterocycles. The van der Waals surface area contributed by atoms with Gasteiger partial charge in [0.1, 0.15) is 22.3 Å². The molecule has 0 unspecified atom stereocenters. The average molecular weight is 1230 g/mol. The van der Waals surface area contributed by atoms with Crippen molar-refractivity contribution in [1.29, 1.82) is 0 Å². The fraction of sp³-hybridized carbons (Fsp3) is 0. The van der Waals surface area contributed by atoms with Gasteiger partial charge in [0.2, 0.25) is 0 Å². The first-order chi connectivity index (χ1) is 47.6. The predicted octanol–water partition coefficient (Wildman–Crippen LogP) is 26.4. The van der Waals surface area contributed by atoms with Crippen molar-refractivity contribution in [3.63, 3.8) is 0 Å². The highest BCUT2D eigenvalue weighted by Gasteiger charge is 2.27. The lowest BCUT2D eigenvalue weighted by Crippen LogP contribution is -2.11. The molecule has 0 atom stereocenters. The molecule has 20 aromatic rings. The molecule has 96 heavy (non-hydrogen) atoms. The van der Waals surface area contributed by atoms with E-state index in [-0.39, 0.29) is 0 Å². The van der Waals surface area contributed by atoms with Crippen molar-refractivity contribution in [2.45, 2.75) is 0 Å². The monoisotopic (exact) mass is 1230 g/mol. The number of hydrogen-bond acceptors (Lipinski definition) is 6. The number of anilines is 6. The zero-order valence-electron chi connectivity index (χ0n) is 51.9. The molecule has 0 spiro atoms. The molecule has 0 aliphatic rings. The molecule has 4 aromatic heterocycles. The molecule has 16 aromatic carbocycles. The van der Waals surface area contributed by atoms with E-state index in [1.54, 1.807) is 0 Å². The van der Waals surface area contributed by atoms with Crippen LogP contribution in [0.15, 0.2) is 357 Å². The molecule has 6 heteroatoms. The second kappa shape index (κ2) is 22.4. The second-order valence-corrected chi connectivity index (χ2v) is 24.6. The molecule has 0 N–H and O–H groups in total. The normalized spacial score (nSPS) is 11.8. The Morgan fingerprint density at radius 2 is 0.542 bits per heavy atom. The van der Waals surface area contributed by atoms with Crippen LogP contribution < -0.4 is 9.80 Å². The van der Waals surface area contributed by atoms with Crippen molar-refractivity contribution in [2.75, 3.05) is 9.80 Å². The molecule has 450 valence electrons. The number of para-hydroxylation sites is 6. The van der Waals surface area contributed by atoms with Crippen LogP contribution in [0.1, 0.15) is 0 Å². The molecular formula is C90H56N2O4. The third-order valence-electron chi connectivity index (χ3n) is 19.1. The molecule has 0 radical (unpaired) electrons. The second-order valence-electron chi connectivity index (χ2n) is 24.6. The summed E-state index contributed by atoms with van der Waals surface area (Å²) >= 11 is 0. The summed E-state index contributed by atoms with van der Waals surface area (Å²) in [5.74, 6) is 0. The van der Waals surface area contributed by atoms with E-state index in [4.69, 9.17) is 17.7 Å². The van der Waals surface area contributed by atoms with Crippen LogP contribution in [0.5, 0.6) is 0 Å². The van der Waals surface area contributed by atoms with Gasteiger partial charge >= 0.3 is 0 Å². The van der Waals surface area contributed by atoms with Crippen molar-refractivity contribution < 1.29 is 17.7 Å². The number of fused-ring (bicyclic) bond motifs is 16. The Kier molecular flexibility index (Phi) is 12.8. The first-order valence-corrected chi connectivity index (χ1v) is 32.5. The number of hydrogen-bond donors (Lipinski definition) is 0. The SMILES string of the molecule is c1ccc(-c2ccc3c(c2)oc2c(N(c4cc5ccccc5c5ccccc45)c4cccc5c4oc4cc(-c6ccccc6)ccc45)cccc23)cc1.c1ccc2c(-c3ccc(N(c4cccc5c4oc4ccccc45)c4cccc5c4oc4ccccc45)cc3)cccc2c1. The van der Waals surface area contributed by atoms with Gasteiger partial charge in [-0.1, -0.05) is 261 Å². The minimum atomic E-state index is 0.824. The maximum absolute atomic E-state index is 6.93. The van der Waals surface area contributed by atoms with Gasteiger partial charge in [-0.15, -0.1) is 0 Å². The summed E-state index contributed by atoms with van der Waals surface area (Å²) in [6.07, 6.45) is 0. The van der Waals surface area contributed by atoms with Crippen molar-refractivity contribution in [3.8, 4) is 33.4 Å². The predicted molar refractivity (Wildman–Crippen MR) is 400 cm³/mol. The van der Waals surface area contributed by atoms with Gasteiger partial charge in [0.05, 0.1) is 28.4 Å². The molecule has 6 nitrogen and oxygen atoms in total. The molecule has 0 saturated carbocycles. The van der Waals surface area contributed by atoms with Crippen LogP contribution in [0.2, 0.25) is 0 Å². The smallest absolute Gasteiger partial charge is 0.159 e. The van der Waals surface area contributed by atoms with E-state index in [1.807, 2.05) is 36.4 Å². The van der Waals surface area contributed by atoms with Gasteiger partial charge in [-0.05, 0) is 139 Å². The van der Waals surface area contributed by atoms with E-state index in [0.717, 1.165) is 150 Å². The lowest BCUT2D eigenvalue weighted by Gasteiger charge is -2.27. The van der Waals surface area contributed by atoms with Crippen LogP contribution in [0.4, 0.5) is 34.1 Å². The molecule has 0 saturated heterocycles. The first-order valence-electron chi connectivity index (χ1n) is 32.5. The van der Waals surface area contributed by atoms with Crippen LogP contribution >= 0.6 is 0 Å². The fourth-order valence-electron chi connectivity index (χ4n) is 14.6. The van der Waals surface area contributed by atoms with Crippen LogP contribution in [-0.2, 0) is 0 Å². The van der Waals surface area contributed by atoms with Gasteiger partial charge in [0.25, 0.3) is 0 Å². The summed E-state index contributed by atoms with van der Waals surface area (Å²) < 4.78 is 27.0. The Morgan fingerprint density at radius 1 is 0.177 bits per heavy atom. The average Bonchev–Trinajstić information content (AvgIpc) is 1.42. The maximum Gasteiger partial charge on any atom is 0.159 e. The van der Waals surface area contributed by atoms with Gasteiger partial charge in [-0.2, -0.15) is 0 Å². The Labute approximate surface area is 551 Å². The highest BCUT2D eigenvalue weighted by Crippen LogP contribution is 2.51. The van der Waals surface area contributed by atoms with E-state index in [0.29, 0.717) is 0 Å². The van der Waals surface area contributed by atoms with Crippen LogP contribution in [0.3, 0.4) is 0 Å². The summed E-state index contributed by atoms with van der Waals surface area (Å²) in [6, 6.07) is 120. The summed E-state index contributed by atoms with van der Waals surface area (Å²) in [5.41, 5.74) is 19.6. The quantitative estimate of drug-likeness (QED) is 0.134. The van der Waals surface area contributed by atoms with Gasteiger partial charge in [0.15, 0.2) is 22.3 Å². The van der Waals surface area contributed by atoms with Crippen LogP contribution in [0, 0.1) is 0 Å². The Morgan fingerprint density at radius 3 is 1.06 bits per heavy atom. The lowest BCUT2D eigenvalue weighted by molar-refractivity contribution is 0.665. The van der Waals surface area contributed by atoms with E-state index in [1.165, 1.54) is 38.1 Å². The number of nitrogens with zero attached hydrogens (tertiary/aromatic N) is 2. The zero-order chi connectivity index (χ0) is 63.2. The van der Waals surface area contributed by atoms with Crippen LogP contribution in [0.25, 0.3) is 153 Å². The Bertz CT molecular complexity index is 6140. The third kappa shape index (κ3) is 9.03. The van der Waals surface area contributed by atoms with E-state index >= 15 is 0 Å². The van der Waals surface area contributed by atoms with Gasteiger partial charge < -0.3 is 27.5 Å². The number of benzene rings is 16. The van der Waals surface area contributed by atoms with E-state index in [2.05, 4.69) is 313 Å².